The normalized spacial score (nSPS) is 10.3. The fourth-order valence-corrected chi connectivity index (χ4v) is 1.32. The molecule has 1 N–H and O–H groups in total. The Balaban J connectivity index is 2.79. The van der Waals surface area contributed by atoms with Crippen molar-refractivity contribution in [3.8, 4) is 11.8 Å². The molecule has 1 amide bonds. The lowest BCUT2D eigenvalue weighted by molar-refractivity contribution is 0.0636. The Morgan fingerprint density at radius 2 is 2.00 bits per heavy atom. The second kappa shape index (κ2) is 6.81. The van der Waals surface area contributed by atoms with Gasteiger partial charge in [0, 0.05) is 12.7 Å². The van der Waals surface area contributed by atoms with Crippen molar-refractivity contribution in [2.45, 2.75) is 26.4 Å². The van der Waals surface area contributed by atoms with Gasteiger partial charge in [0.25, 0.3) is 0 Å². The van der Waals surface area contributed by atoms with E-state index in [1.807, 2.05) is 39.0 Å². The highest BCUT2D eigenvalue weighted by molar-refractivity contribution is 5.86. The molecular formula is C15H19NO3. The number of amides is 1. The summed E-state index contributed by atoms with van der Waals surface area (Å²) in [5.41, 5.74) is 0.826. The third kappa shape index (κ3) is 5.94. The summed E-state index contributed by atoms with van der Waals surface area (Å²) < 4.78 is 10.1. The average Bonchev–Trinajstić information content (AvgIpc) is 2.29. The smallest absolute Gasteiger partial charge is 0.412 e. The molecule has 1 rings (SSSR count). The van der Waals surface area contributed by atoms with Crippen molar-refractivity contribution in [2.75, 3.05) is 19.0 Å². The van der Waals surface area contributed by atoms with Crippen LogP contribution < -0.4 is 5.32 Å². The molecule has 0 saturated carbocycles. The molecule has 102 valence electrons. The predicted octanol–water partition coefficient (Wildman–Crippen LogP) is 3.03. The number of ether oxygens (including phenoxy) is 2. The molecule has 0 fully saturated rings. The van der Waals surface area contributed by atoms with E-state index in [-0.39, 0.29) is 0 Å². The number of hydrogen-bond donors (Lipinski definition) is 1. The van der Waals surface area contributed by atoms with E-state index in [9.17, 15) is 4.79 Å². The monoisotopic (exact) mass is 261 g/mol. The van der Waals surface area contributed by atoms with Gasteiger partial charge in [-0.05, 0) is 32.9 Å². The van der Waals surface area contributed by atoms with Crippen molar-refractivity contribution in [3.63, 3.8) is 0 Å². The van der Waals surface area contributed by atoms with Crippen LogP contribution in [0.3, 0.4) is 0 Å². The lowest BCUT2D eigenvalue weighted by atomic mass is 10.2. The first-order chi connectivity index (χ1) is 8.92. The molecule has 0 aromatic heterocycles. The largest absolute Gasteiger partial charge is 0.444 e. The molecule has 4 nitrogen and oxygen atoms in total. The molecule has 0 aliphatic rings. The highest BCUT2D eigenvalue weighted by Gasteiger charge is 2.16. The van der Waals surface area contributed by atoms with E-state index in [1.165, 1.54) is 0 Å². The standard InChI is InChI=1S/C15H19NO3/c1-15(2,3)19-14(17)16-13-10-6-5-8-12(13)9-7-11-18-4/h5-6,8,10H,11H2,1-4H3,(H,16,17). The van der Waals surface area contributed by atoms with Crippen LogP contribution in [0.25, 0.3) is 0 Å². The molecule has 0 atom stereocenters. The Labute approximate surface area is 114 Å². The van der Waals surface area contributed by atoms with Crippen LogP contribution in [0.2, 0.25) is 0 Å². The Morgan fingerprint density at radius 3 is 2.63 bits per heavy atom. The van der Waals surface area contributed by atoms with E-state index >= 15 is 0 Å². The van der Waals surface area contributed by atoms with Gasteiger partial charge in [0.1, 0.15) is 12.2 Å². The fourth-order valence-electron chi connectivity index (χ4n) is 1.32. The number of carbonyl (C=O) groups excluding carboxylic acids is 1. The van der Waals surface area contributed by atoms with Gasteiger partial charge in [-0.3, -0.25) is 5.32 Å². The number of nitrogens with one attached hydrogen (secondary N) is 1. The first-order valence-electron chi connectivity index (χ1n) is 5.99. The molecule has 4 heteroatoms. The number of hydrogen-bond acceptors (Lipinski definition) is 3. The Hall–Kier alpha value is -1.99. The van der Waals surface area contributed by atoms with Crippen molar-refractivity contribution in [2.24, 2.45) is 0 Å². The second-order valence-corrected chi connectivity index (χ2v) is 4.91. The quantitative estimate of drug-likeness (QED) is 0.832. The van der Waals surface area contributed by atoms with Crippen molar-refractivity contribution in [1.82, 2.24) is 0 Å². The second-order valence-electron chi connectivity index (χ2n) is 4.91. The molecule has 1 aromatic carbocycles. The van der Waals surface area contributed by atoms with Gasteiger partial charge in [-0.15, -0.1) is 0 Å². The zero-order chi connectivity index (χ0) is 14.3. The van der Waals surface area contributed by atoms with Crippen LogP contribution in [-0.2, 0) is 9.47 Å². The summed E-state index contributed by atoms with van der Waals surface area (Å²) in [6.45, 7) is 5.80. The van der Waals surface area contributed by atoms with Crippen LogP contribution in [0.15, 0.2) is 24.3 Å². The van der Waals surface area contributed by atoms with Crippen LogP contribution in [0.4, 0.5) is 10.5 Å². The Bertz CT molecular complexity index is 492. The predicted molar refractivity (Wildman–Crippen MR) is 75.1 cm³/mol. The highest BCUT2D eigenvalue weighted by Crippen LogP contribution is 2.15. The van der Waals surface area contributed by atoms with Crippen molar-refractivity contribution in [3.05, 3.63) is 29.8 Å². The minimum absolute atomic E-state index is 0.348. The number of methoxy groups -OCH3 is 1. The van der Waals surface area contributed by atoms with E-state index in [1.54, 1.807) is 13.2 Å². The first-order valence-corrected chi connectivity index (χ1v) is 5.99. The van der Waals surface area contributed by atoms with Gasteiger partial charge in [0.05, 0.1) is 5.69 Å². The van der Waals surface area contributed by atoms with Gasteiger partial charge in [0.2, 0.25) is 0 Å². The summed E-state index contributed by atoms with van der Waals surface area (Å²) >= 11 is 0. The van der Waals surface area contributed by atoms with Crippen LogP contribution in [0.5, 0.6) is 0 Å². The number of anilines is 1. The lowest BCUT2D eigenvalue weighted by Crippen LogP contribution is -2.27. The Morgan fingerprint density at radius 1 is 1.32 bits per heavy atom. The lowest BCUT2D eigenvalue weighted by Gasteiger charge is -2.20. The maximum atomic E-state index is 11.7. The van der Waals surface area contributed by atoms with Gasteiger partial charge in [-0.25, -0.2) is 4.79 Å². The number of para-hydroxylation sites is 1. The molecule has 0 bridgehead atoms. The van der Waals surface area contributed by atoms with E-state index in [0.29, 0.717) is 12.3 Å². The maximum absolute atomic E-state index is 11.7. The minimum Gasteiger partial charge on any atom is -0.444 e. The number of rotatable bonds is 2. The summed E-state index contributed by atoms with van der Waals surface area (Å²) in [7, 11) is 1.58. The van der Waals surface area contributed by atoms with E-state index < -0.39 is 11.7 Å². The summed E-state index contributed by atoms with van der Waals surface area (Å²) in [4.78, 5) is 11.7. The minimum atomic E-state index is -0.527. The van der Waals surface area contributed by atoms with Gasteiger partial charge in [0.15, 0.2) is 0 Å². The molecule has 0 saturated heterocycles. The van der Waals surface area contributed by atoms with Gasteiger partial charge < -0.3 is 9.47 Å². The van der Waals surface area contributed by atoms with E-state index in [2.05, 4.69) is 17.2 Å². The summed E-state index contributed by atoms with van der Waals surface area (Å²) in [6, 6.07) is 7.29. The molecule has 19 heavy (non-hydrogen) atoms. The number of benzene rings is 1. The van der Waals surface area contributed by atoms with Crippen molar-refractivity contribution < 1.29 is 14.3 Å². The Kier molecular flexibility index (Phi) is 5.40. The van der Waals surface area contributed by atoms with Crippen molar-refractivity contribution in [1.29, 1.82) is 0 Å². The molecule has 0 aliphatic carbocycles. The maximum Gasteiger partial charge on any atom is 0.412 e. The molecule has 0 aliphatic heterocycles. The summed E-state index contributed by atoms with van der Waals surface area (Å²) in [5.74, 6) is 5.79. The summed E-state index contributed by atoms with van der Waals surface area (Å²) in [5, 5.41) is 2.69. The van der Waals surface area contributed by atoms with Gasteiger partial charge >= 0.3 is 6.09 Å². The van der Waals surface area contributed by atoms with E-state index in [0.717, 1.165) is 5.56 Å². The molecule has 0 radical (unpaired) electrons. The van der Waals surface area contributed by atoms with Crippen LogP contribution in [-0.4, -0.2) is 25.4 Å². The molecule has 1 aromatic rings. The molecule has 0 unspecified atom stereocenters. The third-order valence-corrected chi connectivity index (χ3v) is 2.00. The zero-order valence-corrected chi connectivity index (χ0v) is 11.7. The number of carbonyl (C=O) groups is 1. The van der Waals surface area contributed by atoms with Gasteiger partial charge in [-0.2, -0.15) is 0 Å². The molecular weight excluding hydrogens is 242 g/mol. The summed E-state index contributed by atoms with van der Waals surface area (Å²) in [6.07, 6.45) is -0.492. The van der Waals surface area contributed by atoms with E-state index in [4.69, 9.17) is 9.47 Å². The third-order valence-electron chi connectivity index (χ3n) is 2.00. The first kappa shape index (κ1) is 15.1. The molecule has 0 spiro atoms. The highest BCUT2D eigenvalue weighted by atomic mass is 16.6. The molecule has 0 heterocycles. The SMILES string of the molecule is COCC#Cc1ccccc1NC(=O)OC(C)(C)C. The van der Waals surface area contributed by atoms with Crippen molar-refractivity contribution >= 4 is 11.8 Å². The van der Waals surface area contributed by atoms with Crippen LogP contribution in [0, 0.1) is 11.8 Å². The topological polar surface area (TPSA) is 47.6 Å². The van der Waals surface area contributed by atoms with Crippen LogP contribution >= 0.6 is 0 Å². The van der Waals surface area contributed by atoms with Crippen LogP contribution in [0.1, 0.15) is 26.3 Å². The fraction of sp³-hybridized carbons (Fsp3) is 0.400. The van der Waals surface area contributed by atoms with Gasteiger partial charge in [-0.1, -0.05) is 24.0 Å². The average molecular weight is 261 g/mol. The zero-order valence-electron chi connectivity index (χ0n) is 11.7.